The minimum absolute atomic E-state index is 0.550. The van der Waals surface area contributed by atoms with Crippen LogP contribution in [0.25, 0.3) is 0 Å². The molecule has 1 aliphatic rings. The van der Waals surface area contributed by atoms with E-state index in [4.69, 9.17) is 0 Å². The first-order valence-corrected chi connectivity index (χ1v) is 7.73. The SMILES string of the molecule is CCCNC(C)(CN(C)CC1CCN(C)CC1)C(=O)O. The lowest BCUT2D eigenvalue weighted by molar-refractivity contribution is -0.145. The molecule has 1 fully saturated rings. The molecular weight excluding hydrogens is 254 g/mol. The van der Waals surface area contributed by atoms with Crippen LogP contribution in [-0.4, -0.2) is 73.2 Å². The first kappa shape index (κ1) is 17.4. The van der Waals surface area contributed by atoms with Gasteiger partial charge in [-0.25, -0.2) is 0 Å². The van der Waals surface area contributed by atoms with E-state index in [1.54, 1.807) is 6.92 Å². The van der Waals surface area contributed by atoms with E-state index in [-0.39, 0.29) is 0 Å². The van der Waals surface area contributed by atoms with Gasteiger partial charge in [0.05, 0.1) is 0 Å². The Morgan fingerprint density at radius 3 is 2.55 bits per heavy atom. The van der Waals surface area contributed by atoms with Crippen LogP contribution in [0, 0.1) is 5.92 Å². The Labute approximate surface area is 123 Å². The van der Waals surface area contributed by atoms with E-state index in [0.717, 1.165) is 32.6 Å². The molecule has 0 aromatic heterocycles. The third-order valence-electron chi connectivity index (χ3n) is 4.23. The maximum atomic E-state index is 11.5. The molecule has 2 N–H and O–H groups in total. The lowest BCUT2D eigenvalue weighted by atomic mass is 9.95. The zero-order valence-corrected chi connectivity index (χ0v) is 13.5. The monoisotopic (exact) mass is 285 g/mol. The van der Waals surface area contributed by atoms with E-state index in [2.05, 4.69) is 29.1 Å². The summed E-state index contributed by atoms with van der Waals surface area (Å²) in [6.07, 6.45) is 3.38. The maximum absolute atomic E-state index is 11.5. The number of nitrogens with zero attached hydrogens (tertiary/aromatic N) is 2. The summed E-state index contributed by atoms with van der Waals surface area (Å²) in [5.74, 6) is -0.0680. The highest BCUT2D eigenvalue weighted by molar-refractivity contribution is 5.78. The van der Waals surface area contributed by atoms with Gasteiger partial charge in [0.1, 0.15) is 5.54 Å². The van der Waals surface area contributed by atoms with Gasteiger partial charge in [-0.1, -0.05) is 6.92 Å². The van der Waals surface area contributed by atoms with E-state index in [1.807, 2.05) is 7.05 Å². The highest BCUT2D eigenvalue weighted by Gasteiger charge is 2.34. The van der Waals surface area contributed by atoms with Crippen molar-refractivity contribution in [3.05, 3.63) is 0 Å². The Hall–Kier alpha value is -0.650. The largest absolute Gasteiger partial charge is 0.480 e. The number of carboxylic acid groups (broad SMARTS) is 1. The molecule has 0 bridgehead atoms. The predicted molar refractivity (Wildman–Crippen MR) is 82.1 cm³/mol. The molecule has 1 aliphatic heterocycles. The van der Waals surface area contributed by atoms with Crippen LogP contribution < -0.4 is 5.32 Å². The summed E-state index contributed by atoms with van der Waals surface area (Å²) in [4.78, 5) is 16.0. The van der Waals surface area contributed by atoms with Crippen molar-refractivity contribution >= 4 is 5.97 Å². The van der Waals surface area contributed by atoms with Crippen molar-refractivity contribution in [3.8, 4) is 0 Å². The fraction of sp³-hybridized carbons (Fsp3) is 0.933. The Balaban J connectivity index is 2.45. The lowest BCUT2D eigenvalue weighted by Crippen LogP contribution is -2.57. The summed E-state index contributed by atoms with van der Waals surface area (Å²) in [5.41, 5.74) is -0.851. The first-order chi connectivity index (χ1) is 9.37. The second kappa shape index (κ2) is 7.96. The van der Waals surface area contributed by atoms with Crippen LogP contribution in [0.5, 0.6) is 0 Å². The number of likely N-dealkylation sites (tertiary alicyclic amines) is 1. The highest BCUT2D eigenvalue weighted by atomic mass is 16.4. The molecule has 5 heteroatoms. The van der Waals surface area contributed by atoms with Crippen molar-refractivity contribution in [3.63, 3.8) is 0 Å². The Kier molecular flexibility index (Phi) is 6.92. The standard InChI is InChI=1S/C15H31N3O2/c1-5-8-16-15(2,14(19)20)12-18(4)11-13-6-9-17(3)10-7-13/h13,16H,5-12H2,1-4H3,(H,19,20). The zero-order valence-electron chi connectivity index (χ0n) is 13.5. The molecule has 1 unspecified atom stereocenters. The van der Waals surface area contributed by atoms with Crippen LogP contribution in [0.4, 0.5) is 0 Å². The molecule has 5 nitrogen and oxygen atoms in total. The molecule has 20 heavy (non-hydrogen) atoms. The highest BCUT2D eigenvalue weighted by Crippen LogP contribution is 2.18. The Morgan fingerprint density at radius 2 is 2.05 bits per heavy atom. The van der Waals surface area contributed by atoms with Crippen LogP contribution >= 0.6 is 0 Å². The summed E-state index contributed by atoms with van der Waals surface area (Å²) in [6.45, 7) is 8.43. The third kappa shape index (κ3) is 5.38. The van der Waals surface area contributed by atoms with E-state index < -0.39 is 11.5 Å². The number of carbonyl (C=O) groups is 1. The van der Waals surface area contributed by atoms with Gasteiger partial charge in [-0.3, -0.25) is 4.79 Å². The van der Waals surface area contributed by atoms with Crippen molar-refractivity contribution in [2.45, 2.75) is 38.6 Å². The summed E-state index contributed by atoms with van der Waals surface area (Å²) < 4.78 is 0. The second-order valence-electron chi connectivity index (χ2n) is 6.51. The molecule has 0 radical (unpaired) electrons. The number of nitrogens with one attached hydrogen (secondary N) is 1. The topological polar surface area (TPSA) is 55.8 Å². The van der Waals surface area contributed by atoms with E-state index in [9.17, 15) is 9.90 Å². The fourth-order valence-electron chi connectivity index (χ4n) is 2.89. The summed E-state index contributed by atoms with van der Waals surface area (Å²) in [6, 6.07) is 0. The van der Waals surface area contributed by atoms with Crippen LogP contribution in [0.1, 0.15) is 33.1 Å². The van der Waals surface area contributed by atoms with E-state index in [1.165, 1.54) is 12.8 Å². The third-order valence-corrected chi connectivity index (χ3v) is 4.23. The first-order valence-electron chi connectivity index (χ1n) is 7.73. The van der Waals surface area contributed by atoms with Crippen LogP contribution in [-0.2, 0) is 4.79 Å². The maximum Gasteiger partial charge on any atom is 0.324 e. The average molecular weight is 285 g/mol. The molecular formula is C15H31N3O2. The summed E-state index contributed by atoms with van der Waals surface area (Å²) >= 11 is 0. The fourth-order valence-corrected chi connectivity index (χ4v) is 2.89. The number of hydrogen-bond acceptors (Lipinski definition) is 4. The number of carboxylic acids is 1. The van der Waals surface area contributed by atoms with Gasteiger partial charge in [-0.05, 0) is 65.8 Å². The van der Waals surface area contributed by atoms with Crippen LogP contribution in [0.2, 0.25) is 0 Å². The smallest absolute Gasteiger partial charge is 0.324 e. The van der Waals surface area contributed by atoms with Crippen molar-refractivity contribution in [2.75, 3.05) is 46.8 Å². The number of rotatable bonds is 8. The Bertz CT molecular complexity index is 303. The normalized spacial score (nSPS) is 21.1. The van der Waals surface area contributed by atoms with Gasteiger partial charge in [0.25, 0.3) is 0 Å². The van der Waals surface area contributed by atoms with E-state index >= 15 is 0 Å². The van der Waals surface area contributed by atoms with Gasteiger partial charge >= 0.3 is 5.97 Å². The summed E-state index contributed by atoms with van der Waals surface area (Å²) in [5, 5.41) is 12.6. The molecule has 1 saturated heterocycles. The second-order valence-corrected chi connectivity index (χ2v) is 6.51. The Morgan fingerprint density at radius 1 is 1.45 bits per heavy atom. The van der Waals surface area contributed by atoms with Crippen molar-refractivity contribution in [2.24, 2.45) is 5.92 Å². The van der Waals surface area contributed by atoms with Crippen LogP contribution in [0.3, 0.4) is 0 Å². The van der Waals surface area contributed by atoms with Crippen molar-refractivity contribution in [1.82, 2.24) is 15.1 Å². The molecule has 1 rings (SSSR count). The minimum atomic E-state index is -0.851. The molecule has 0 saturated carbocycles. The number of piperidine rings is 1. The van der Waals surface area contributed by atoms with Gasteiger partial charge in [0.15, 0.2) is 0 Å². The van der Waals surface area contributed by atoms with Gasteiger partial charge in [0.2, 0.25) is 0 Å². The number of likely N-dealkylation sites (N-methyl/N-ethyl adjacent to an activating group) is 1. The predicted octanol–water partition coefficient (Wildman–Crippen LogP) is 1.10. The zero-order chi connectivity index (χ0) is 15.2. The number of aliphatic carboxylic acids is 1. The molecule has 0 aromatic carbocycles. The molecule has 118 valence electrons. The van der Waals surface area contributed by atoms with Crippen molar-refractivity contribution < 1.29 is 9.90 Å². The summed E-state index contributed by atoms with van der Waals surface area (Å²) in [7, 11) is 4.20. The quantitative estimate of drug-likeness (QED) is 0.699. The van der Waals surface area contributed by atoms with Gasteiger partial charge in [-0.2, -0.15) is 0 Å². The minimum Gasteiger partial charge on any atom is -0.480 e. The molecule has 0 spiro atoms. The van der Waals surface area contributed by atoms with Gasteiger partial charge in [-0.15, -0.1) is 0 Å². The average Bonchev–Trinajstić information content (AvgIpc) is 2.39. The molecule has 0 aromatic rings. The molecule has 0 aliphatic carbocycles. The molecule has 1 heterocycles. The van der Waals surface area contributed by atoms with Crippen LogP contribution in [0.15, 0.2) is 0 Å². The van der Waals surface area contributed by atoms with Gasteiger partial charge in [0, 0.05) is 13.1 Å². The van der Waals surface area contributed by atoms with Crippen molar-refractivity contribution in [1.29, 1.82) is 0 Å². The lowest BCUT2D eigenvalue weighted by Gasteiger charge is -2.35. The molecule has 1 atom stereocenters. The van der Waals surface area contributed by atoms with E-state index in [0.29, 0.717) is 12.5 Å². The number of hydrogen-bond donors (Lipinski definition) is 2. The molecule has 0 amide bonds. The van der Waals surface area contributed by atoms with Gasteiger partial charge < -0.3 is 20.2 Å².